The Balaban J connectivity index is 1.43. The van der Waals surface area contributed by atoms with Crippen LogP contribution >= 0.6 is 12.2 Å². The second kappa shape index (κ2) is 10.6. The fourth-order valence-electron chi connectivity index (χ4n) is 3.58. The number of carbonyl (C=O) groups excluding carboxylic acids is 1. The van der Waals surface area contributed by atoms with Crippen LogP contribution < -0.4 is 20.1 Å². The molecule has 0 saturated carbocycles. The van der Waals surface area contributed by atoms with Crippen molar-refractivity contribution in [3.8, 4) is 23.0 Å². The van der Waals surface area contributed by atoms with Gasteiger partial charge in [-0.05, 0) is 78.7 Å². The highest BCUT2D eigenvalue weighted by molar-refractivity contribution is 7.80. The molecule has 0 aliphatic heterocycles. The smallest absolute Gasteiger partial charge is 0.257 e. The summed E-state index contributed by atoms with van der Waals surface area (Å²) in [6, 6.07) is 18.5. The predicted molar refractivity (Wildman–Crippen MR) is 141 cm³/mol. The first-order valence-corrected chi connectivity index (χ1v) is 11.7. The summed E-state index contributed by atoms with van der Waals surface area (Å²) in [5.41, 5.74) is 4.79. The number of aromatic nitrogens is 1. The molecule has 8 heteroatoms. The number of carbonyl (C=O) groups is 1. The second-order valence-electron chi connectivity index (χ2n) is 8.14. The highest BCUT2D eigenvalue weighted by atomic mass is 32.1. The first-order chi connectivity index (χ1) is 16.9. The highest BCUT2D eigenvalue weighted by Crippen LogP contribution is 2.28. The summed E-state index contributed by atoms with van der Waals surface area (Å²) >= 11 is 5.31. The van der Waals surface area contributed by atoms with Gasteiger partial charge in [0.1, 0.15) is 17.0 Å². The average molecular weight is 490 g/mol. The van der Waals surface area contributed by atoms with E-state index in [9.17, 15) is 4.79 Å². The van der Waals surface area contributed by atoms with Gasteiger partial charge in [0, 0.05) is 22.9 Å². The monoisotopic (exact) mass is 489 g/mol. The molecule has 0 unspecified atom stereocenters. The predicted octanol–water partition coefficient (Wildman–Crippen LogP) is 6.15. The molecule has 2 N–H and O–H groups in total. The zero-order valence-electron chi connectivity index (χ0n) is 20.0. The number of benzene rings is 3. The zero-order chi connectivity index (χ0) is 24.9. The molecule has 1 amide bonds. The van der Waals surface area contributed by atoms with Gasteiger partial charge >= 0.3 is 0 Å². The molecule has 0 bridgehead atoms. The maximum Gasteiger partial charge on any atom is 0.257 e. The molecule has 0 aliphatic carbocycles. The maximum atomic E-state index is 12.6. The van der Waals surface area contributed by atoms with Crippen LogP contribution in [0.5, 0.6) is 11.5 Å². The molecule has 0 saturated heterocycles. The van der Waals surface area contributed by atoms with Crippen LogP contribution in [-0.4, -0.2) is 30.2 Å². The number of nitrogens with one attached hydrogen (secondary N) is 2. The molecule has 180 valence electrons. The number of nitrogens with zero attached hydrogens (tertiary/aromatic N) is 1. The van der Waals surface area contributed by atoms with Gasteiger partial charge in [-0.3, -0.25) is 10.1 Å². The largest absolute Gasteiger partial charge is 0.497 e. The zero-order valence-corrected chi connectivity index (χ0v) is 20.9. The number of hydrogen-bond donors (Lipinski definition) is 2. The van der Waals surface area contributed by atoms with Crippen molar-refractivity contribution in [1.29, 1.82) is 0 Å². The maximum absolute atomic E-state index is 12.6. The molecule has 4 rings (SSSR count). The third kappa shape index (κ3) is 5.60. The SMILES string of the molecule is CC[C@H](C)c1ccc2oc(-c3ccc(NC(=S)NC(=O)c4cc(OC)cc(OC)c4)cc3)nc2c1. The number of rotatable bonds is 7. The van der Waals surface area contributed by atoms with Gasteiger partial charge in [-0.2, -0.15) is 0 Å². The summed E-state index contributed by atoms with van der Waals surface area (Å²) in [6.07, 6.45) is 1.07. The van der Waals surface area contributed by atoms with Gasteiger partial charge in [-0.1, -0.05) is 19.9 Å². The molecular weight excluding hydrogens is 462 g/mol. The van der Waals surface area contributed by atoms with Gasteiger partial charge in [0.2, 0.25) is 5.89 Å². The third-order valence-electron chi connectivity index (χ3n) is 5.82. The Morgan fingerprint density at radius 1 is 1.03 bits per heavy atom. The summed E-state index contributed by atoms with van der Waals surface area (Å²) in [4.78, 5) is 17.3. The number of anilines is 1. The summed E-state index contributed by atoms with van der Waals surface area (Å²) < 4.78 is 16.4. The van der Waals surface area contributed by atoms with Gasteiger partial charge in [0.15, 0.2) is 10.7 Å². The molecule has 35 heavy (non-hydrogen) atoms. The van der Waals surface area contributed by atoms with Crippen LogP contribution in [0.3, 0.4) is 0 Å². The molecule has 4 aromatic rings. The Morgan fingerprint density at radius 3 is 2.34 bits per heavy atom. The molecule has 0 aliphatic rings. The van der Waals surface area contributed by atoms with Gasteiger partial charge in [-0.25, -0.2) is 4.98 Å². The van der Waals surface area contributed by atoms with Gasteiger partial charge < -0.3 is 19.2 Å². The number of thiocarbonyl (C=S) groups is 1. The summed E-state index contributed by atoms with van der Waals surface area (Å²) in [6.45, 7) is 4.38. The van der Waals surface area contributed by atoms with E-state index >= 15 is 0 Å². The van der Waals surface area contributed by atoms with E-state index in [0.717, 1.165) is 28.8 Å². The number of oxazole rings is 1. The van der Waals surface area contributed by atoms with Crippen LogP contribution in [0.25, 0.3) is 22.6 Å². The van der Waals surface area contributed by atoms with Crippen molar-refractivity contribution in [3.05, 3.63) is 71.8 Å². The van der Waals surface area contributed by atoms with E-state index in [0.29, 0.717) is 28.9 Å². The van der Waals surface area contributed by atoms with Crippen molar-refractivity contribution in [2.75, 3.05) is 19.5 Å². The third-order valence-corrected chi connectivity index (χ3v) is 6.03. The molecule has 1 aromatic heterocycles. The molecule has 1 heterocycles. The van der Waals surface area contributed by atoms with E-state index in [1.807, 2.05) is 30.3 Å². The lowest BCUT2D eigenvalue weighted by Crippen LogP contribution is -2.34. The number of ether oxygens (including phenoxy) is 2. The Bertz CT molecular complexity index is 1340. The lowest BCUT2D eigenvalue weighted by Gasteiger charge is -2.11. The van der Waals surface area contributed by atoms with Crippen molar-refractivity contribution < 1.29 is 18.7 Å². The molecule has 3 aromatic carbocycles. The van der Waals surface area contributed by atoms with Crippen molar-refractivity contribution >= 4 is 40.0 Å². The first-order valence-electron chi connectivity index (χ1n) is 11.3. The van der Waals surface area contributed by atoms with Gasteiger partial charge in [0.05, 0.1) is 14.2 Å². The van der Waals surface area contributed by atoms with Crippen molar-refractivity contribution in [1.82, 2.24) is 10.3 Å². The van der Waals surface area contributed by atoms with E-state index in [1.54, 1.807) is 18.2 Å². The van der Waals surface area contributed by atoms with Gasteiger partial charge in [0.25, 0.3) is 5.91 Å². The molecule has 0 fully saturated rings. The Hall–Kier alpha value is -3.91. The van der Waals surface area contributed by atoms with Crippen molar-refractivity contribution in [2.24, 2.45) is 0 Å². The summed E-state index contributed by atoms with van der Waals surface area (Å²) in [5.74, 6) is 1.67. The molecular formula is C27H27N3O4S. The highest BCUT2D eigenvalue weighted by Gasteiger charge is 2.13. The van der Waals surface area contributed by atoms with E-state index in [4.69, 9.17) is 26.1 Å². The van der Waals surface area contributed by atoms with Crippen LogP contribution in [0.1, 0.15) is 42.1 Å². The standard InChI is InChI=1S/C27H27N3O4S/c1-5-16(2)18-8-11-24-23(14-18)29-26(34-24)17-6-9-20(10-7-17)28-27(35)30-25(31)19-12-21(32-3)15-22(13-19)33-4/h6-16H,5H2,1-4H3,(H2,28,30,31,35)/t16-/m0/s1. The normalized spacial score (nSPS) is 11.7. The molecule has 0 spiro atoms. The van der Waals surface area contributed by atoms with E-state index in [2.05, 4.69) is 41.6 Å². The van der Waals surface area contributed by atoms with Crippen LogP contribution in [0.4, 0.5) is 5.69 Å². The number of amides is 1. The molecule has 0 radical (unpaired) electrons. The minimum Gasteiger partial charge on any atom is -0.497 e. The van der Waals surface area contributed by atoms with Crippen molar-refractivity contribution in [3.63, 3.8) is 0 Å². The minimum absolute atomic E-state index is 0.170. The summed E-state index contributed by atoms with van der Waals surface area (Å²) in [5, 5.41) is 5.86. The first kappa shape index (κ1) is 24.2. The van der Waals surface area contributed by atoms with Crippen LogP contribution in [0.15, 0.2) is 65.1 Å². The molecule has 1 atom stereocenters. The average Bonchev–Trinajstić information content (AvgIpc) is 3.31. The van der Waals surface area contributed by atoms with Gasteiger partial charge in [-0.15, -0.1) is 0 Å². The Morgan fingerprint density at radius 2 is 1.71 bits per heavy atom. The van der Waals surface area contributed by atoms with Crippen LogP contribution in [0, 0.1) is 0 Å². The number of hydrogen-bond acceptors (Lipinski definition) is 6. The fourth-order valence-corrected chi connectivity index (χ4v) is 3.79. The van der Waals surface area contributed by atoms with E-state index in [-0.39, 0.29) is 11.0 Å². The summed E-state index contributed by atoms with van der Waals surface area (Å²) in [7, 11) is 3.05. The minimum atomic E-state index is -0.375. The fraction of sp³-hybridized carbons (Fsp3) is 0.222. The lowest BCUT2D eigenvalue weighted by atomic mass is 9.98. The quantitative estimate of drug-likeness (QED) is 0.301. The number of methoxy groups -OCH3 is 2. The Kier molecular flexibility index (Phi) is 7.31. The van der Waals surface area contributed by atoms with Crippen LogP contribution in [0.2, 0.25) is 0 Å². The topological polar surface area (TPSA) is 85.6 Å². The van der Waals surface area contributed by atoms with Crippen LogP contribution in [-0.2, 0) is 0 Å². The van der Waals surface area contributed by atoms with Crippen molar-refractivity contribution in [2.45, 2.75) is 26.2 Å². The lowest BCUT2D eigenvalue weighted by molar-refractivity contribution is 0.0977. The molecule has 7 nitrogen and oxygen atoms in total. The van der Waals surface area contributed by atoms with E-state index in [1.165, 1.54) is 19.8 Å². The number of fused-ring (bicyclic) bond motifs is 1. The Labute approximate surface area is 209 Å². The van der Waals surface area contributed by atoms with E-state index < -0.39 is 0 Å². The second-order valence-corrected chi connectivity index (χ2v) is 8.55.